The molecule has 0 unspecified atom stereocenters. The molecule has 0 fully saturated rings. The Morgan fingerprint density at radius 2 is 1.42 bits per heavy atom. The van der Waals surface area contributed by atoms with Crippen LogP contribution in [0, 0.1) is 0 Å². The van der Waals surface area contributed by atoms with Gasteiger partial charge in [-0.2, -0.15) is 0 Å². The van der Waals surface area contributed by atoms with E-state index in [1.54, 1.807) is 55.5 Å². The summed E-state index contributed by atoms with van der Waals surface area (Å²) in [6, 6.07) is 13.2. The third-order valence-electron chi connectivity index (χ3n) is 3.35. The molecule has 2 amide bonds. The maximum absolute atomic E-state index is 12.6. The van der Waals surface area contributed by atoms with Crippen molar-refractivity contribution < 1.29 is 19.1 Å². The van der Waals surface area contributed by atoms with Gasteiger partial charge < -0.3 is 15.4 Å². The Morgan fingerprint density at radius 1 is 0.875 bits per heavy atom. The maximum atomic E-state index is 12.6. The van der Waals surface area contributed by atoms with Crippen LogP contribution in [-0.2, 0) is 9.53 Å². The maximum Gasteiger partial charge on any atom is 0.339 e. The summed E-state index contributed by atoms with van der Waals surface area (Å²) in [4.78, 5) is 35.9. The first-order valence-electron chi connectivity index (χ1n) is 7.44. The lowest BCUT2D eigenvalue weighted by Crippen LogP contribution is -2.19. The van der Waals surface area contributed by atoms with E-state index >= 15 is 0 Å². The summed E-state index contributed by atoms with van der Waals surface area (Å²) in [5.74, 6) is -1.16. The molecule has 2 aromatic carbocycles. The van der Waals surface area contributed by atoms with E-state index in [1.807, 2.05) is 0 Å². The zero-order valence-electron chi connectivity index (χ0n) is 13.5. The molecule has 0 aliphatic rings. The van der Waals surface area contributed by atoms with Crippen molar-refractivity contribution >= 4 is 29.2 Å². The fourth-order valence-corrected chi connectivity index (χ4v) is 2.10. The average Bonchev–Trinajstić information content (AvgIpc) is 2.61. The first kappa shape index (κ1) is 17.2. The van der Waals surface area contributed by atoms with Crippen LogP contribution in [0.25, 0.3) is 0 Å². The monoisotopic (exact) mass is 326 g/mol. The van der Waals surface area contributed by atoms with Gasteiger partial charge in [-0.3, -0.25) is 9.59 Å². The Hall–Kier alpha value is -3.15. The zero-order chi connectivity index (χ0) is 17.5. The van der Waals surface area contributed by atoms with Crippen LogP contribution in [0.1, 0.15) is 34.1 Å². The van der Waals surface area contributed by atoms with Crippen LogP contribution in [0.15, 0.2) is 48.5 Å². The van der Waals surface area contributed by atoms with Gasteiger partial charge in [-0.1, -0.05) is 31.2 Å². The summed E-state index contributed by atoms with van der Waals surface area (Å²) in [5, 5.41) is 5.37. The van der Waals surface area contributed by atoms with Crippen LogP contribution >= 0.6 is 0 Å². The van der Waals surface area contributed by atoms with Gasteiger partial charge in [0.25, 0.3) is 5.91 Å². The highest BCUT2D eigenvalue weighted by Gasteiger charge is 2.16. The van der Waals surface area contributed by atoms with Gasteiger partial charge in [-0.25, -0.2) is 4.79 Å². The quantitative estimate of drug-likeness (QED) is 0.827. The number of methoxy groups -OCH3 is 1. The van der Waals surface area contributed by atoms with Crippen LogP contribution in [0.3, 0.4) is 0 Å². The molecule has 0 aromatic heterocycles. The van der Waals surface area contributed by atoms with Gasteiger partial charge in [0.2, 0.25) is 5.91 Å². The van der Waals surface area contributed by atoms with Gasteiger partial charge in [0, 0.05) is 6.42 Å². The SMILES string of the molecule is CCC(=O)Nc1ccccc1C(=O)Nc1ccccc1C(=O)OC. The van der Waals surface area contributed by atoms with E-state index in [9.17, 15) is 14.4 Å². The number of nitrogens with one attached hydrogen (secondary N) is 2. The first-order valence-corrected chi connectivity index (χ1v) is 7.44. The molecule has 24 heavy (non-hydrogen) atoms. The summed E-state index contributed by atoms with van der Waals surface area (Å²) in [6.07, 6.45) is 0.307. The molecule has 6 heteroatoms. The number of benzene rings is 2. The Balaban J connectivity index is 2.29. The van der Waals surface area contributed by atoms with Crippen molar-refractivity contribution in [2.24, 2.45) is 0 Å². The van der Waals surface area contributed by atoms with Crippen molar-refractivity contribution in [1.82, 2.24) is 0 Å². The Kier molecular flexibility index (Phi) is 5.68. The second kappa shape index (κ2) is 7.92. The fourth-order valence-electron chi connectivity index (χ4n) is 2.10. The van der Waals surface area contributed by atoms with Crippen molar-refractivity contribution in [2.75, 3.05) is 17.7 Å². The molecule has 2 aromatic rings. The second-order valence-electron chi connectivity index (χ2n) is 4.94. The normalized spacial score (nSPS) is 9.92. The van der Waals surface area contributed by atoms with Crippen molar-refractivity contribution in [3.05, 3.63) is 59.7 Å². The van der Waals surface area contributed by atoms with Crippen LogP contribution in [0.4, 0.5) is 11.4 Å². The highest BCUT2D eigenvalue weighted by molar-refractivity contribution is 6.12. The minimum absolute atomic E-state index is 0.190. The third-order valence-corrected chi connectivity index (χ3v) is 3.35. The lowest BCUT2D eigenvalue weighted by Gasteiger charge is -2.12. The number of carbonyl (C=O) groups is 3. The highest BCUT2D eigenvalue weighted by Crippen LogP contribution is 2.20. The van der Waals surface area contributed by atoms with E-state index in [-0.39, 0.29) is 11.5 Å². The van der Waals surface area contributed by atoms with Gasteiger partial charge in [-0.15, -0.1) is 0 Å². The number of hydrogen-bond donors (Lipinski definition) is 2. The molecule has 0 heterocycles. The van der Waals surface area contributed by atoms with Gasteiger partial charge in [0.15, 0.2) is 0 Å². The van der Waals surface area contributed by atoms with E-state index in [1.165, 1.54) is 7.11 Å². The third kappa shape index (κ3) is 3.98. The Bertz CT molecular complexity index is 771. The number of hydrogen-bond acceptors (Lipinski definition) is 4. The molecule has 6 nitrogen and oxygen atoms in total. The molecule has 2 rings (SSSR count). The number of rotatable bonds is 5. The number of amides is 2. The molecule has 0 aliphatic carbocycles. The lowest BCUT2D eigenvalue weighted by atomic mass is 10.1. The summed E-state index contributed by atoms with van der Waals surface area (Å²) in [7, 11) is 1.27. The number of carbonyl (C=O) groups excluding carboxylic acids is 3. The molecule has 0 radical (unpaired) electrons. The van der Waals surface area contributed by atoms with Crippen molar-refractivity contribution in [3.8, 4) is 0 Å². The number of esters is 1. The fraction of sp³-hybridized carbons (Fsp3) is 0.167. The molecule has 0 aliphatic heterocycles. The van der Waals surface area contributed by atoms with Crippen LogP contribution in [-0.4, -0.2) is 24.9 Å². The number of para-hydroxylation sites is 2. The average molecular weight is 326 g/mol. The molecular weight excluding hydrogens is 308 g/mol. The lowest BCUT2D eigenvalue weighted by molar-refractivity contribution is -0.115. The number of anilines is 2. The van der Waals surface area contributed by atoms with E-state index in [4.69, 9.17) is 4.74 Å². The molecule has 0 spiro atoms. The van der Waals surface area contributed by atoms with E-state index in [0.29, 0.717) is 23.4 Å². The predicted octanol–water partition coefficient (Wildman–Crippen LogP) is 3.07. The minimum atomic E-state index is -0.543. The molecule has 0 saturated heterocycles. The number of ether oxygens (including phenoxy) is 1. The van der Waals surface area contributed by atoms with Gasteiger partial charge in [0.1, 0.15) is 0 Å². The van der Waals surface area contributed by atoms with Gasteiger partial charge >= 0.3 is 5.97 Å². The minimum Gasteiger partial charge on any atom is -0.465 e. The molecule has 0 saturated carbocycles. The summed E-state index contributed by atoms with van der Waals surface area (Å²) in [6.45, 7) is 1.73. The van der Waals surface area contributed by atoms with E-state index in [0.717, 1.165) is 0 Å². The zero-order valence-corrected chi connectivity index (χ0v) is 13.5. The standard InChI is InChI=1S/C18H18N2O4/c1-3-16(21)19-14-10-6-4-8-12(14)17(22)20-15-11-7-5-9-13(15)18(23)24-2/h4-11H,3H2,1-2H3,(H,19,21)(H,20,22). The summed E-state index contributed by atoms with van der Waals surface area (Å²) in [5.41, 5.74) is 1.31. The summed E-state index contributed by atoms with van der Waals surface area (Å²) >= 11 is 0. The Labute approximate surface area is 139 Å². The van der Waals surface area contributed by atoms with E-state index in [2.05, 4.69) is 10.6 Å². The summed E-state index contributed by atoms with van der Waals surface area (Å²) < 4.78 is 4.71. The Morgan fingerprint density at radius 3 is 2.00 bits per heavy atom. The second-order valence-corrected chi connectivity index (χ2v) is 4.94. The van der Waals surface area contributed by atoms with Crippen molar-refractivity contribution in [2.45, 2.75) is 13.3 Å². The predicted molar refractivity (Wildman–Crippen MR) is 91.1 cm³/mol. The molecule has 0 bridgehead atoms. The smallest absolute Gasteiger partial charge is 0.339 e. The topological polar surface area (TPSA) is 84.5 Å². The van der Waals surface area contributed by atoms with Gasteiger partial charge in [-0.05, 0) is 24.3 Å². The van der Waals surface area contributed by atoms with Crippen LogP contribution in [0.2, 0.25) is 0 Å². The van der Waals surface area contributed by atoms with Crippen molar-refractivity contribution in [1.29, 1.82) is 0 Å². The molecule has 124 valence electrons. The first-order chi connectivity index (χ1) is 11.6. The largest absolute Gasteiger partial charge is 0.465 e. The van der Waals surface area contributed by atoms with Crippen molar-refractivity contribution in [3.63, 3.8) is 0 Å². The van der Waals surface area contributed by atoms with Crippen LogP contribution in [0.5, 0.6) is 0 Å². The van der Waals surface area contributed by atoms with Gasteiger partial charge in [0.05, 0.1) is 29.6 Å². The van der Waals surface area contributed by atoms with Crippen LogP contribution < -0.4 is 10.6 Å². The molecular formula is C18H18N2O4. The molecule has 0 atom stereocenters. The van der Waals surface area contributed by atoms with E-state index < -0.39 is 11.9 Å². The molecule has 2 N–H and O–H groups in total. The highest BCUT2D eigenvalue weighted by atomic mass is 16.5.